The lowest BCUT2D eigenvalue weighted by molar-refractivity contribution is -0.118. The summed E-state index contributed by atoms with van der Waals surface area (Å²) in [5.74, 6) is -0.226. The number of carbonyl (C=O) groups is 2. The Hall–Kier alpha value is -8.05. The van der Waals surface area contributed by atoms with Crippen molar-refractivity contribution in [3.63, 3.8) is 0 Å². The number of benzene rings is 4. The van der Waals surface area contributed by atoms with Crippen LogP contribution in [0.4, 0.5) is 16.2 Å². The molecule has 25 nitrogen and oxygen atoms in total. The number of amides is 2. The number of anilines is 2. The molecule has 0 bridgehead atoms. The van der Waals surface area contributed by atoms with Gasteiger partial charge in [0, 0.05) is 22.5 Å². The van der Waals surface area contributed by atoms with E-state index in [4.69, 9.17) is 41.8 Å². The minimum absolute atomic E-state index is 0.0645. The number of aromatic amines is 1. The van der Waals surface area contributed by atoms with Crippen molar-refractivity contribution in [1.29, 1.82) is 5.26 Å². The molecule has 0 radical (unpaired) electrons. The van der Waals surface area contributed by atoms with E-state index in [0.717, 1.165) is 27.6 Å². The van der Waals surface area contributed by atoms with E-state index in [9.17, 15) is 29.1 Å². The fourth-order valence-electron chi connectivity index (χ4n) is 9.55. The molecule has 9 atom stereocenters. The van der Waals surface area contributed by atoms with Crippen LogP contribution in [0.25, 0.3) is 22.3 Å². The van der Waals surface area contributed by atoms with Gasteiger partial charge in [0.1, 0.15) is 41.9 Å². The first-order valence-electron chi connectivity index (χ1n) is 26.0. The number of halogens is 1. The molecular formula is C55H55FN11O14P2+. The summed E-state index contributed by atoms with van der Waals surface area (Å²) in [6, 6.07) is 35.2. The number of methoxy groups -OCH3 is 2. The number of nitrogens with one attached hydrogen (secondary N) is 3. The minimum atomic E-state index is -3.43. The van der Waals surface area contributed by atoms with E-state index in [1.807, 2.05) is 84.9 Å². The van der Waals surface area contributed by atoms with Gasteiger partial charge < -0.3 is 42.6 Å². The van der Waals surface area contributed by atoms with Crippen molar-refractivity contribution in [2.45, 2.75) is 75.3 Å². The van der Waals surface area contributed by atoms with Crippen LogP contribution < -0.4 is 25.7 Å². The average molecular weight is 1180 g/mol. The lowest BCUT2D eigenvalue weighted by Crippen LogP contribution is -2.38. The monoisotopic (exact) mass is 1170 g/mol. The van der Waals surface area contributed by atoms with Crippen LogP contribution in [-0.4, -0.2) is 120 Å². The van der Waals surface area contributed by atoms with Crippen LogP contribution in [0, 0.1) is 17.2 Å². The first-order valence-corrected chi connectivity index (χ1v) is 28.2. The van der Waals surface area contributed by atoms with E-state index < -0.39 is 95.4 Å². The third-order valence-electron chi connectivity index (χ3n) is 13.7. The topological polar surface area (TPSA) is 310 Å². The normalized spacial score (nSPS) is 20.3. The van der Waals surface area contributed by atoms with Crippen LogP contribution in [0.5, 0.6) is 11.5 Å². The number of ether oxygens (including phenoxy) is 5. The summed E-state index contributed by atoms with van der Waals surface area (Å²) < 4.78 is 87.7. The number of H-pyrrole nitrogens is 1. The molecule has 2 saturated heterocycles. The molecule has 4 N–H and O–H groups in total. The molecule has 8 aromatic rings. The number of rotatable bonds is 24. The lowest BCUT2D eigenvalue weighted by Gasteiger charge is -2.37. The molecule has 83 heavy (non-hydrogen) atoms. The first-order chi connectivity index (χ1) is 40.3. The molecule has 2 aliphatic heterocycles. The maximum atomic E-state index is 16.8. The average Bonchev–Trinajstić information content (AvgIpc) is 3.88. The molecule has 0 aliphatic carbocycles. The SMILES string of the molecule is COc1ccc(C(OC[C@H]2O[C@@H](n3cnc4c(NC(=O)c5ccccc5)ncnc43)C[C@@H]2OP(OCCC#N)OCC2OC(n3cnc4c(=O)[nH]c(NC(=O)C(C)C)nc43)C(O[P+](=O)O)C2F)(c2ccccc2)c2ccc(OC)cc2)cc1. The summed E-state index contributed by atoms with van der Waals surface area (Å²) in [4.78, 5) is 73.3. The molecule has 6 unspecified atom stereocenters. The lowest BCUT2D eigenvalue weighted by atomic mass is 9.80. The summed E-state index contributed by atoms with van der Waals surface area (Å²) in [6.07, 6.45) is -6.00. The standard InChI is InChI=1S/C55H54FN11O14P2/c1-32(2)50(68)64-54-63-49-45(52(70)65-54)61-31-67(49)53-46(81-82(71)72)43(56)41(79-53)28-77-83(76-25-11-24-57)80-39-26-42(66-30-60-44-47(58-29-59-48(44)66)62-51(69)33-12-7-5-8-13-33)78-40(39)27-75-55(34-14-9-6-10-15-34,35-16-20-37(73-3)21-17-35)36-18-22-38(74-4)23-19-36/h5-10,12-23,29-32,39-43,46,53H,11,25-28H2,1-4H3,(H3-,58,59,62,63,64,65,68,69,70,71,72)/p+1/t39-,40+,41?,42+,43?,46?,53?,83?/m0/s1. The van der Waals surface area contributed by atoms with Crippen LogP contribution in [0.1, 0.15) is 66.2 Å². The Bertz CT molecular complexity index is 3620. The Balaban J connectivity index is 0.980. The zero-order valence-electron chi connectivity index (χ0n) is 44.9. The van der Waals surface area contributed by atoms with E-state index in [2.05, 4.69) is 40.5 Å². The number of hydrogen-bond donors (Lipinski definition) is 4. The van der Waals surface area contributed by atoms with Crippen molar-refractivity contribution in [2.24, 2.45) is 5.92 Å². The first kappa shape index (κ1) is 58.2. The zero-order valence-corrected chi connectivity index (χ0v) is 46.7. The molecule has 2 aliphatic rings. The fraction of sp³-hybridized carbons (Fsp3) is 0.327. The Morgan fingerprint density at radius 1 is 0.843 bits per heavy atom. The maximum absolute atomic E-state index is 16.8. The summed E-state index contributed by atoms with van der Waals surface area (Å²) in [5.41, 5.74) is 0.722. The highest BCUT2D eigenvalue weighted by atomic mass is 31.2. The predicted octanol–water partition coefficient (Wildman–Crippen LogP) is 7.95. The molecule has 0 saturated carbocycles. The molecular weight excluding hydrogens is 1120 g/mol. The van der Waals surface area contributed by atoms with E-state index in [1.54, 1.807) is 63.0 Å². The summed E-state index contributed by atoms with van der Waals surface area (Å²) in [5, 5.41) is 14.9. The van der Waals surface area contributed by atoms with Crippen molar-refractivity contribution >= 4 is 62.8 Å². The second-order valence-electron chi connectivity index (χ2n) is 19.2. The molecule has 4 aromatic carbocycles. The van der Waals surface area contributed by atoms with Gasteiger partial charge in [0.2, 0.25) is 11.9 Å². The molecule has 28 heteroatoms. The quantitative estimate of drug-likeness (QED) is 0.0253. The maximum Gasteiger partial charge on any atom is 0.695 e. The van der Waals surface area contributed by atoms with E-state index in [0.29, 0.717) is 22.7 Å². The van der Waals surface area contributed by atoms with Crippen LogP contribution in [0.2, 0.25) is 0 Å². The zero-order chi connectivity index (χ0) is 58.2. The molecule has 0 spiro atoms. The number of aromatic nitrogens is 8. The molecule has 430 valence electrons. The summed E-state index contributed by atoms with van der Waals surface area (Å²) in [6.45, 7) is 2.30. The Kier molecular flexibility index (Phi) is 18.2. The van der Waals surface area contributed by atoms with Gasteiger partial charge in [0.15, 0.2) is 46.6 Å². The number of nitrogens with zero attached hydrogens (tertiary/aromatic N) is 8. The molecule has 2 fully saturated rings. The second kappa shape index (κ2) is 26.0. The van der Waals surface area contributed by atoms with Gasteiger partial charge >= 0.3 is 16.9 Å². The van der Waals surface area contributed by atoms with Gasteiger partial charge in [-0.05, 0) is 53.1 Å². The second-order valence-corrected chi connectivity index (χ2v) is 21.0. The van der Waals surface area contributed by atoms with Crippen LogP contribution >= 0.6 is 16.9 Å². The number of nitriles is 1. The Morgan fingerprint density at radius 2 is 1.49 bits per heavy atom. The van der Waals surface area contributed by atoms with Crippen molar-refractivity contribution in [2.75, 3.05) is 44.7 Å². The van der Waals surface area contributed by atoms with Gasteiger partial charge in [0.25, 0.3) is 11.5 Å². The summed E-state index contributed by atoms with van der Waals surface area (Å²) in [7, 11) is -2.82. The number of carbonyl (C=O) groups excluding carboxylic acids is 2. The Labute approximate surface area is 474 Å². The van der Waals surface area contributed by atoms with Gasteiger partial charge in [-0.1, -0.05) is 86.6 Å². The van der Waals surface area contributed by atoms with Crippen molar-refractivity contribution < 1.29 is 65.2 Å². The highest BCUT2D eigenvalue weighted by molar-refractivity contribution is 7.41. The Morgan fingerprint density at radius 3 is 2.14 bits per heavy atom. The van der Waals surface area contributed by atoms with E-state index >= 15 is 4.39 Å². The fourth-order valence-corrected chi connectivity index (χ4v) is 11.1. The van der Waals surface area contributed by atoms with Gasteiger partial charge in [-0.25, -0.2) is 24.3 Å². The predicted molar refractivity (Wildman–Crippen MR) is 296 cm³/mol. The van der Waals surface area contributed by atoms with Crippen molar-refractivity contribution in [1.82, 2.24) is 39.0 Å². The number of alkyl halides is 1. The third kappa shape index (κ3) is 12.7. The molecule has 6 heterocycles. The summed E-state index contributed by atoms with van der Waals surface area (Å²) >= 11 is 0. The van der Waals surface area contributed by atoms with Crippen molar-refractivity contribution in [3.05, 3.63) is 161 Å². The smallest absolute Gasteiger partial charge is 0.497 e. The highest BCUT2D eigenvalue weighted by Gasteiger charge is 2.53. The largest absolute Gasteiger partial charge is 0.695 e. The van der Waals surface area contributed by atoms with Crippen molar-refractivity contribution in [3.8, 4) is 17.6 Å². The van der Waals surface area contributed by atoms with Gasteiger partial charge in [0.05, 0.1) is 65.3 Å². The minimum Gasteiger partial charge on any atom is -0.497 e. The van der Waals surface area contributed by atoms with Gasteiger partial charge in [-0.3, -0.25) is 33.8 Å². The van der Waals surface area contributed by atoms with E-state index in [-0.39, 0.29) is 54.5 Å². The van der Waals surface area contributed by atoms with E-state index in [1.165, 1.54) is 12.7 Å². The number of imidazole rings is 2. The number of fused-ring (bicyclic) bond motifs is 2. The molecule has 2 amide bonds. The van der Waals surface area contributed by atoms with Crippen LogP contribution in [0.15, 0.2) is 133 Å². The third-order valence-corrected chi connectivity index (χ3v) is 15.3. The van der Waals surface area contributed by atoms with Crippen LogP contribution in [-0.2, 0) is 47.3 Å². The van der Waals surface area contributed by atoms with Gasteiger partial charge in [-0.15, -0.1) is 9.42 Å². The van der Waals surface area contributed by atoms with Crippen LogP contribution in [0.3, 0.4) is 0 Å². The van der Waals surface area contributed by atoms with Gasteiger partial charge in [-0.2, -0.15) is 10.2 Å². The molecule has 10 rings (SSSR count). The highest BCUT2D eigenvalue weighted by Crippen LogP contribution is 2.49. The number of hydrogen-bond acceptors (Lipinski definition) is 19. The molecule has 4 aromatic heterocycles.